The van der Waals surface area contributed by atoms with Crippen molar-refractivity contribution in [3.05, 3.63) is 101 Å². The number of amides is 2. The molecule has 0 spiro atoms. The number of halogens is 3. The Morgan fingerprint density at radius 1 is 1.03 bits per heavy atom. The van der Waals surface area contributed by atoms with E-state index in [0.29, 0.717) is 41.1 Å². The zero-order chi connectivity index (χ0) is 26.6. The van der Waals surface area contributed by atoms with Crippen LogP contribution in [0.25, 0.3) is 11.0 Å². The molecule has 0 radical (unpaired) electrons. The first kappa shape index (κ1) is 25.5. The molecule has 2 heterocycles. The third kappa shape index (κ3) is 5.43. The van der Waals surface area contributed by atoms with Gasteiger partial charge in [0.2, 0.25) is 0 Å². The molecule has 38 heavy (non-hydrogen) atoms. The number of ether oxygens (including phenoxy) is 1. The van der Waals surface area contributed by atoms with E-state index in [4.69, 9.17) is 11.6 Å². The third-order valence-electron chi connectivity index (χ3n) is 6.57. The van der Waals surface area contributed by atoms with Crippen molar-refractivity contribution in [2.75, 3.05) is 13.1 Å². The summed E-state index contributed by atoms with van der Waals surface area (Å²) in [4.78, 5) is 36.9. The number of aromatic nitrogens is 2. The number of nitrogens with one attached hydrogen (secondary N) is 1. The van der Waals surface area contributed by atoms with Crippen LogP contribution in [0.5, 0.6) is 5.75 Å². The standard InChI is InChI=1S/C28H23ClF2N4O3/c29-21-14-18(15-23-25(21)33-12-11-32-23)27(37)35-13-10-22(20(16-35)17-6-2-1-3-7-17)34-26(36)19-8-4-5-9-24(19)38-28(30)31/h1-9,11-12,14-15,20,22,28H,10,13,16H2,(H,34,36)/t20-,22-/m1/s1. The van der Waals surface area contributed by atoms with Gasteiger partial charge in [-0.1, -0.05) is 54.1 Å². The molecule has 1 aliphatic rings. The SMILES string of the molecule is O=C(N[C@@H]1CCN(C(=O)c2cc(Cl)c3nccnc3c2)C[C@@H]1c1ccccc1)c1ccccc1OC(F)F. The van der Waals surface area contributed by atoms with Gasteiger partial charge in [-0.15, -0.1) is 0 Å². The number of nitrogens with zero attached hydrogens (tertiary/aromatic N) is 3. The van der Waals surface area contributed by atoms with Crippen molar-refractivity contribution in [1.82, 2.24) is 20.2 Å². The molecule has 1 N–H and O–H groups in total. The van der Waals surface area contributed by atoms with Crippen LogP contribution in [0.2, 0.25) is 5.02 Å². The van der Waals surface area contributed by atoms with Crippen LogP contribution in [-0.2, 0) is 0 Å². The molecule has 1 fully saturated rings. The van der Waals surface area contributed by atoms with Gasteiger partial charge in [0.1, 0.15) is 11.3 Å². The number of carbonyl (C=O) groups excluding carboxylic acids is 2. The average Bonchev–Trinajstić information content (AvgIpc) is 2.93. The fourth-order valence-electron chi connectivity index (χ4n) is 4.78. The van der Waals surface area contributed by atoms with Gasteiger partial charge >= 0.3 is 6.61 Å². The quantitative estimate of drug-likeness (QED) is 0.361. The molecule has 0 saturated carbocycles. The molecule has 1 saturated heterocycles. The molecular formula is C28H23ClF2N4O3. The maximum Gasteiger partial charge on any atom is 0.387 e. The molecule has 2 atom stereocenters. The van der Waals surface area contributed by atoms with Gasteiger partial charge in [-0.25, -0.2) is 0 Å². The van der Waals surface area contributed by atoms with E-state index in [9.17, 15) is 18.4 Å². The summed E-state index contributed by atoms with van der Waals surface area (Å²) in [7, 11) is 0. The molecule has 3 aromatic carbocycles. The number of alkyl halides is 2. The van der Waals surface area contributed by atoms with Crippen LogP contribution >= 0.6 is 11.6 Å². The van der Waals surface area contributed by atoms with E-state index in [1.165, 1.54) is 30.6 Å². The minimum Gasteiger partial charge on any atom is -0.434 e. The Bertz CT molecular complexity index is 1470. The van der Waals surface area contributed by atoms with Gasteiger partial charge in [-0.2, -0.15) is 8.78 Å². The van der Waals surface area contributed by atoms with Crippen molar-refractivity contribution < 1.29 is 23.1 Å². The number of piperidine rings is 1. The number of para-hydroxylation sites is 1. The first-order valence-electron chi connectivity index (χ1n) is 12.0. The fourth-order valence-corrected chi connectivity index (χ4v) is 5.05. The molecule has 0 bridgehead atoms. The van der Waals surface area contributed by atoms with Crippen molar-refractivity contribution in [3.63, 3.8) is 0 Å². The second-order valence-corrected chi connectivity index (χ2v) is 9.30. The highest BCUT2D eigenvalue weighted by molar-refractivity contribution is 6.35. The summed E-state index contributed by atoms with van der Waals surface area (Å²) in [6.07, 6.45) is 3.53. The average molecular weight is 537 g/mol. The molecule has 7 nitrogen and oxygen atoms in total. The zero-order valence-electron chi connectivity index (χ0n) is 20.1. The van der Waals surface area contributed by atoms with E-state index >= 15 is 0 Å². The number of rotatable bonds is 6. The second kappa shape index (κ2) is 11.1. The second-order valence-electron chi connectivity index (χ2n) is 8.89. The van der Waals surface area contributed by atoms with Crippen molar-refractivity contribution in [2.45, 2.75) is 25.0 Å². The van der Waals surface area contributed by atoms with Crippen LogP contribution in [-0.4, -0.2) is 52.4 Å². The van der Waals surface area contributed by atoms with E-state index in [0.717, 1.165) is 5.56 Å². The monoisotopic (exact) mass is 536 g/mol. The molecule has 0 unspecified atom stereocenters. The highest BCUT2D eigenvalue weighted by atomic mass is 35.5. The van der Waals surface area contributed by atoms with Crippen molar-refractivity contribution in [1.29, 1.82) is 0 Å². The smallest absolute Gasteiger partial charge is 0.387 e. The van der Waals surface area contributed by atoms with Gasteiger partial charge in [0, 0.05) is 43.0 Å². The van der Waals surface area contributed by atoms with Gasteiger partial charge in [-0.3, -0.25) is 19.6 Å². The lowest BCUT2D eigenvalue weighted by Crippen LogP contribution is -2.51. The summed E-state index contributed by atoms with van der Waals surface area (Å²) in [5, 5.41) is 3.33. The summed E-state index contributed by atoms with van der Waals surface area (Å²) in [6, 6.07) is 18.3. The molecule has 1 aliphatic heterocycles. The maximum atomic E-state index is 13.5. The molecule has 194 valence electrons. The summed E-state index contributed by atoms with van der Waals surface area (Å²) < 4.78 is 30.3. The predicted molar refractivity (Wildman–Crippen MR) is 139 cm³/mol. The molecule has 2 amide bonds. The Morgan fingerprint density at radius 3 is 2.55 bits per heavy atom. The van der Waals surface area contributed by atoms with E-state index < -0.39 is 12.5 Å². The molecule has 1 aromatic heterocycles. The Hall–Kier alpha value is -4.11. The first-order chi connectivity index (χ1) is 18.4. The van der Waals surface area contributed by atoms with Crippen LogP contribution in [0.15, 0.2) is 79.1 Å². The Kier molecular flexibility index (Phi) is 7.46. The van der Waals surface area contributed by atoms with Gasteiger partial charge in [-0.05, 0) is 36.2 Å². The highest BCUT2D eigenvalue weighted by Gasteiger charge is 2.34. The number of hydrogen-bond donors (Lipinski definition) is 1. The van der Waals surface area contributed by atoms with Crippen LogP contribution in [0.1, 0.15) is 38.6 Å². The van der Waals surface area contributed by atoms with E-state index in [-0.39, 0.29) is 29.2 Å². The summed E-state index contributed by atoms with van der Waals surface area (Å²) in [6.45, 7) is -2.35. The van der Waals surface area contributed by atoms with E-state index in [1.54, 1.807) is 23.1 Å². The van der Waals surface area contributed by atoms with Crippen LogP contribution < -0.4 is 10.1 Å². The van der Waals surface area contributed by atoms with Crippen molar-refractivity contribution >= 4 is 34.4 Å². The van der Waals surface area contributed by atoms with Crippen molar-refractivity contribution in [2.24, 2.45) is 0 Å². The van der Waals surface area contributed by atoms with Gasteiger partial charge in [0.25, 0.3) is 11.8 Å². The minimum atomic E-state index is -3.05. The van der Waals surface area contributed by atoms with Gasteiger partial charge in [0.05, 0.1) is 16.1 Å². The van der Waals surface area contributed by atoms with E-state index in [1.807, 2.05) is 30.3 Å². The molecule has 5 rings (SSSR count). The number of carbonyl (C=O) groups is 2. The largest absolute Gasteiger partial charge is 0.434 e. The number of fused-ring (bicyclic) bond motifs is 1. The molecular weight excluding hydrogens is 514 g/mol. The Balaban J connectivity index is 1.39. The summed E-state index contributed by atoms with van der Waals surface area (Å²) in [5.74, 6) is -1.16. The first-order valence-corrected chi connectivity index (χ1v) is 12.4. The molecule has 4 aromatic rings. The highest BCUT2D eigenvalue weighted by Crippen LogP contribution is 2.31. The summed E-state index contributed by atoms with van der Waals surface area (Å²) in [5.41, 5.74) is 2.40. The maximum absolute atomic E-state index is 13.5. The lowest BCUT2D eigenvalue weighted by molar-refractivity contribution is -0.0501. The minimum absolute atomic E-state index is 0.0185. The van der Waals surface area contributed by atoms with Gasteiger partial charge < -0.3 is 15.0 Å². The lowest BCUT2D eigenvalue weighted by Gasteiger charge is -2.39. The van der Waals surface area contributed by atoms with Crippen molar-refractivity contribution in [3.8, 4) is 5.75 Å². The number of likely N-dealkylation sites (tertiary alicyclic amines) is 1. The molecule has 0 aliphatic carbocycles. The lowest BCUT2D eigenvalue weighted by atomic mass is 9.85. The topological polar surface area (TPSA) is 84.4 Å². The number of benzene rings is 3. The predicted octanol–water partition coefficient (Wildman–Crippen LogP) is 5.31. The third-order valence-corrected chi connectivity index (χ3v) is 6.85. The molecule has 10 heteroatoms. The number of hydrogen-bond acceptors (Lipinski definition) is 5. The van der Waals surface area contributed by atoms with Crippen LogP contribution in [0.4, 0.5) is 8.78 Å². The zero-order valence-corrected chi connectivity index (χ0v) is 20.8. The van der Waals surface area contributed by atoms with Crippen LogP contribution in [0.3, 0.4) is 0 Å². The Morgan fingerprint density at radius 2 is 1.76 bits per heavy atom. The summed E-state index contributed by atoms with van der Waals surface area (Å²) >= 11 is 6.37. The van der Waals surface area contributed by atoms with Gasteiger partial charge in [0.15, 0.2) is 0 Å². The normalized spacial score (nSPS) is 17.4. The Labute approximate surface area is 222 Å². The fraction of sp³-hybridized carbons (Fsp3) is 0.214. The van der Waals surface area contributed by atoms with E-state index in [2.05, 4.69) is 20.0 Å². The van der Waals surface area contributed by atoms with Crippen LogP contribution in [0, 0.1) is 0 Å².